The number of fused-ring (bicyclic) bond motifs is 4. The second-order valence-corrected chi connectivity index (χ2v) is 9.03. The largest absolute Gasteiger partial charge is 0.377 e. The third-order valence-corrected chi connectivity index (χ3v) is 8.38. The highest BCUT2D eigenvalue weighted by atomic mass is 16.7. The molecule has 1 N–H and O–H groups in total. The number of rotatable bonds is 1. The van der Waals surface area contributed by atoms with Crippen LogP contribution in [0.5, 0.6) is 0 Å². The minimum absolute atomic E-state index is 0.123. The lowest BCUT2D eigenvalue weighted by Gasteiger charge is -2.51. The highest BCUT2D eigenvalue weighted by molar-refractivity contribution is 5.45. The molecular weight excluding hydrogens is 324 g/mol. The van der Waals surface area contributed by atoms with Crippen molar-refractivity contribution in [2.24, 2.45) is 17.3 Å². The topological polar surface area (TPSA) is 38.7 Å². The third-order valence-electron chi connectivity index (χ3n) is 8.38. The summed E-state index contributed by atoms with van der Waals surface area (Å²) in [5.41, 5.74) is 3.68. The minimum atomic E-state index is -0.925. The van der Waals surface area contributed by atoms with Gasteiger partial charge in [0.05, 0.1) is 13.2 Å². The smallest absolute Gasteiger partial charge is 0.172 e. The Morgan fingerprint density at radius 1 is 1.23 bits per heavy atom. The first-order valence-electron chi connectivity index (χ1n) is 10.5. The molecule has 5 aliphatic rings. The summed E-state index contributed by atoms with van der Waals surface area (Å²) in [7, 11) is 0. The van der Waals surface area contributed by atoms with Crippen molar-refractivity contribution in [1.29, 1.82) is 0 Å². The molecule has 0 aromatic heterocycles. The molecule has 1 heterocycles. The summed E-state index contributed by atoms with van der Waals surface area (Å²) in [6.45, 7) is 3.69. The van der Waals surface area contributed by atoms with Crippen molar-refractivity contribution in [1.82, 2.24) is 0 Å². The molecule has 0 aromatic rings. The minimum Gasteiger partial charge on any atom is -0.377 e. The van der Waals surface area contributed by atoms with Crippen molar-refractivity contribution < 1.29 is 14.6 Å². The van der Waals surface area contributed by atoms with Crippen molar-refractivity contribution in [2.45, 2.75) is 76.1 Å². The second kappa shape index (κ2) is 5.71. The summed E-state index contributed by atoms with van der Waals surface area (Å²) in [4.78, 5) is 0. The second-order valence-electron chi connectivity index (χ2n) is 9.03. The molecule has 5 rings (SSSR count). The third kappa shape index (κ3) is 2.07. The Morgan fingerprint density at radius 2 is 2.04 bits per heavy atom. The van der Waals surface area contributed by atoms with E-state index >= 15 is 0 Å². The van der Waals surface area contributed by atoms with E-state index < -0.39 is 5.60 Å². The molecule has 0 bridgehead atoms. The van der Waals surface area contributed by atoms with E-state index in [-0.39, 0.29) is 11.2 Å². The van der Waals surface area contributed by atoms with Gasteiger partial charge in [-0.2, -0.15) is 0 Å². The number of hydrogen-bond acceptors (Lipinski definition) is 3. The quantitative estimate of drug-likeness (QED) is 0.720. The van der Waals surface area contributed by atoms with Crippen LogP contribution in [-0.2, 0) is 9.47 Å². The van der Waals surface area contributed by atoms with Gasteiger partial charge in [0.15, 0.2) is 5.79 Å². The van der Waals surface area contributed by atoms with Crippen LogP contribution in [0.15, 0.2) is 22.8 Å². The normalized spacial score (nSPS) is 43.5. The first kappa shape index (κ1) is 17.0. The maximum atomic E-state index is 11.2. The van der Waals surface area contributed by atoms with Crippen LogP contribution in [0, 0.1) is 29.6 Å². The summed E-state index contributed by atoms with van der Waals surface area (Å²) in [6, 6.07) is 0. The van der Waals surface area contributed by atoms with Gasteiger partial charge in [-0.3, -0.25) is 0 Å². The number of terminal acetylenes is 1. The molecule has 26 heavy (non-hydrogen) atoms. The lowest BCUT2D eigenvalue weighted by molar-refractivity contribution is -0.164. The van der Waals surface area contributed by atoms with E-state index in [1.54, 1.807) is 16.7 Å². The first-order chi connectivity index (χ1) is 12.6. The molecule has 0 radical (unpaired) electrons. The van der Waals surface area contributed by atoms with Crippen molar-refractivity contribution in [3.8, 4) is 12.3 Å². The molecule has 1 aliphatic heterocycles. The van der Waals surface area contributed by atoms with Crippen LogP contribution in [0.3, 0.4) is 0 Å². The van der Waals surface area contributed by atoms with Gasteiger partial charge in [-0.1, -0.05) is 24.5 Å². The van der Waals surface area contributed by atoms with Crippen molar-refractivity contribution in [2.75, 3.05) is 13.2 Å². The molecule has 1 saturated heterocycles. The zero-order chi connectivity index (χ0) is 18.0. The molecule has 3 nitrogen and oxygen atoms in total. The Labute approximate surface area is 156 Å². The van der Waals surface area contributed by atoms with Gasteiger partial charge < -0.3 is 14.6 Å². The van der Waals surface area contributed by atoms with Gasteiger partial charge in [0, 0.05) is 18.3 Å². The zero-order valence-electron chi connectivity index (χ0n) is 15.9. The van der Waals surface area contributed by atoms with E-state index in [4.69, 9.17) is 15.9 Å². The van der Waals surface area contributed by atoms with Crippen LogP contribution in [0.2, 0.25) is 0 Å². The predicted octanol–water partition coefficient (Wildman–Crippen LogP) is 4.12. The fourth-order valence-electron chi connectivity index (χ4n) is 7.05. The molecule has 4 atom stereocenters. The molecular formula is C23H30O3. The van der Waals surface area contributed by atoms with Crippen LogP contribution in [-0.4, -0.2) is 29.7 Å². The van der Waals surface area contributed by atoms with Crippen molar-refractivity contribution in [3.05, 3.63) is 22.8 Å². The molecule has 1 saturated carbocycles. The van der Waals surface area contributed by atoms with Gasteiger partial charge in [-0.05, 0) is 67.9 Å². The van der Waals surface area contributed by atoms with Crippen LogP contribution in [0.1, 0.15) is 64.7 Å². The van der Waals surface area contributed by atoms with E-state index in [9.17, 15) is 5.11 Å². The summed E-state index contributed by atoms with van der Waals surface area (Å²) in [6.07, 6.45) is 17.3. The van der Waals surface area contributed by atoms with Crippen molar-refractivity contribution in [3.63, 3.8) is 0 Å². The summed E-state index contributed by atoms with van der Waals surface area (Å²) in [5, 5.41) is 11.2. The molecule has 1 unspecified atom stereocenters. The summed E-state index contributed by atoms with van der Waals surface area (Å²) < 4.78 is 12.0. The SMILES string of the molecule is C#CC1(O)CC[C@@H]2[C@H]3CCC4=C(CCC5(C4)OCCO5)C3=CC[C@]21CC. The fourth-order valence-corrected chi connectivity index (χ4v) is 7.05. The number of ether oxygens (including phenoxy) is 2. The monoisotopic (exact) mass is 354 g/mol. The maximum absolute atomic E-state index is 11.2. The Morgan fingerprint density at radius 3 is 2.77 bits per heavy atom. The average molecular weight is 354 g/mol. The van der Waals surface area contributed by atoms with Crippen LogP contribution in [0.25, 0.3) is 0 Å². The van der Waals surface area contributed by atoms with Crippen LogP contribution < -0.4 is 0 Å². The number of aliphatic hydroxyl groups is 1. The fraction of sp³-hybridized carbons (Fsp3) is 0.739. The van der Waals surface area contributed by atoms with Gasteiger partial charge in [0.25, 0.3) is 0 Å². The highest BCUT2D eigenvalue weighted by Crippen LogP contribution is 2.64. The Hall–Kier alpha value is -1.08. The van der Waals surface area contributed by atoms with Gasteiger partial charge in [0.1, 0.15) is 5.60 Å². The van der Waals surface area contributed by atoms with Gasteiger partial charge in [0.2, 0.25) is 0 Å². The predicted molar refractivity (Wildman–Crippen MR) is 100 cm³/mol. The Bertz CT molecular complexity index is 720. The Kier molecular flexibility index (Phi) is 3.74. The highest BCUT2D eigenvalue weighted by Gasteiger charge is 2.61. The maximum Gasteiger partial charge on any atom is 0.172 e. The molecule has 2 fully saturated rings. The lowest BCUT2D eigenvalue weighted by Crippen LogP contribution is -2.50. The van der Waals surface area contributed by atoms with E-state index in [0.29, 0.717) is 11.8 Å². The molecule has 0 aromatic carbocycles. The Balaban J connectivity index is 1.50. The zero-order valence-corrected chi connectivity index (χ0v) is 15.9. The average Bonchev–Trinajstić information content (AvgIpc) is 3.24. The number of allylic oxidation sites excluding steroid dienone is 3. The van der Waals surface area contributed by atoms with Gasteiger partial charge >= 0.3 is 0 Å². The lowest BCUT2D eigenvalue weighted by atomic mass is 9.54. The van der Waals surface area contributed by atoms with E-state index in [1.807, 2.05) is 0 Å². The van der Waals surface area contributed by atoms with E-state index in [2.05, 4.69) is 18.9 Å². The molecule has 4 aliphatic carbocycles. The summed E-state index contributed by atoms with van der Waals surface area (Å²) >= 11 is 0. The standard InChI is InChI=1S/C23H30O3/c1-3-21-10-7-18-17-8-12-23(25-13-14-26-23)15-16(17)5-6-19(18)20(21)9-11-22(21,24)4-2/h2,7,19-20,24H,3,5-6,8-15H2,1H3/t19-,20+,21+,22?/m0/s1. The van der Waals surface area contributed by atoms with E-state index in [1.165, 1.54) is 6.42 Å². The molecule has 0 amide bonds. The van der Waals surface area contributed by atoms with Crippen LogP contribution >= 0.6 is 0 Å². The van der Waals surface area contributed by atoms with Crippen molar-refractivity contribution >= 4 is 0 Å². The van der Waals surface area contributed by atoms with Crippen LogP contribution in [0.4, 0.5) is 0 Å². The first-order valence-corrected chi connectivity index (χ1v) is 10.5. The van der Waals surface area contributed by atoms with Gasteiger partial charge in [-0.15, -0.1) is 6.42 Å². The van der Waals surface area contributed by atoms with Gasteiger partial charge in [-0.25, -0.2) is 0 Å². The van der Waals surface area contributed by atoms with E-state index in [0.717, 1.165) is 64.6 Å². The molecule has 1 spiro atoms. The summed E-state index contributed by atoms with van der Waals surface area (Å²) in [5.74, 6) is 3.57. The molecule has 140 valence electrons. The molecule has 3 heteroatoms. The number of hydrogen-bond donors (Lipinski definition) is 1.